The fourth-order valence-corrected chi connectivity index (χ4v) is 2.58. The van der Waals surface area contributed by atoms with Crippen LogP contribution in [0, 0.1) is 0 Å². The van der Waals surface area contributed by atoms with Crippen LogP contribution in [0.5, 0.6) is 0 Å². The zero-order valence-electron chi connectivity index (χ0n) is 12.3. The minimum Gasteiger partial charge on any atom is -0.452 e. The SMILES string of the molecule is C[C@H](OC(=O)c1cc(=O)c2ccccc2o1)c1ccccc1Cl. The van der Waals surface area contributed by atoms with E-state index >= 15 is 0 Å². The number of para-hydroxylation sites is 1. The molecule has 4 nitrogen and oxygen atoms in total. The molecular weight excluding hydrogens is 316 g/mol. The van der Waals surface area contributed by atoms with Gasteiger partial charge in [0.1, 0.15) is 11.7 Å². The second kappa shape index (κ2) is 6.26. The summed E-state index contributed by atoms with van der Waals surface area (Å²) >= 11 is 6.09. The van der Waals surface area contributed by atoms with E-state index in [-0.39, 0.29) is 11.2 Å². The largest absolute Gasteiger partial charge is 0.452 e. The summed E-state index contributed by atoms with van der Waals surface area (Å²) in [5, 5.41) is 0.927. The summed E-state index contributed by atoms with van der Waals surface area (Å²) < 4.78 is 10.8. The molecule has 1 aromatic heterocycles. The van der Waals surface area contributed by atoms with Gasteiger partial charge in [0.25, 0.3) is 0 Å². The van der Waals surface area contributed by atoms with E-state index in [1.54, 1.807) is 49.4 Å². The number of benzene rings is 2. The van der Waals surface area contributed by atoms with Crippen LogP contribution in [0.15, 0.2) is 63.8 Å². The average Bonchev–Trinajstić information content (AvgIpc) is 2.55. The van der Waals surface area contributed by atoms with Gasteiger partial charge in [-0.3, -0.25) is 4.79 Å². The molecule has 23 heavy (non-hydrogen) atoms. The first kappa shape index (κ1) is 15.3. The Bertz CT molecular complexity index is 929. The molecule has 0 saturated carbocycles. The lowest BCUT2D eigenvalue weighted by atomic mass is 10.1. The predicted molar refractivity (Wildman–Crippen MR) is 87.8 cm³/mol. The number of hydrogen-bond donors (Lipinski definition) is 0. The number of rotatable bonds is 3. The molecule has 0 aliphatic rings. The lowest BCUT2D eigenvalue weighted by Gasteiger charge is -2.14. The smallest absolute Gasteiger partial charge is 0.374 e. The second-order valence-corrected chi connectivity index (χ2v) is 5.45. The molecule has 5 heteroatoms. The standard InChI is InChI=1S/C18H13ClO4/c1-11(12-6-2-4-8-14(12)19)22-18(21)17-10-15(20)13-7-3-5-9-16(13)23-17/h2-11H,1H3/t11-/m0/s1. The fourth-order valence-electron chi connectivity index (χ4n) is 2.29. The van der Waals surface area contributed by atoms with E-state index in [0.717, 1.165) is 6.07 Å². The van der Waals surface area contributed by atoms with E-state index in [1.807, 2.05) is 6.07 Å². The van der Waals surface area contributed by atoms with Crippen molar-refractivity contribution in [2.45, 2.75) is 13.0 Å². The molecule has 116 valence electrons. The number of fused-ring (bicyclic) bond motifs is 1. The number of ether oxygens (including phenoxy) is 1. The van der Waals surface area contributed by atoms with Gasteiger partial charge in [0.2, 0.25) is 5.76 Å². The highest BCUT2D eigenvalue weighted by atomic mass is 35.5. The fraction of sp³-hybridized carbons (Fsp3) is 0.111. The van der Waals surface area contributed by atoms with Gasteiger partial charge in [-0.15, -0.1) is 0 Å². The van der Waals surface area contributed by atoms with Crippen LogP contribution in [0.25, 0.3) is 11.0 Å². The molecular formula is C18H13ClO4. The highest BCUT2D eigenvalue weighted by molar-refractivity contribution is 6.31. The van der Waals surface area contributed by atoms with Crippen LogP contribution < -0.4 is 5.43 Å². The Morgan fingerprint density at radius 3 is 2.61 bits per heavy atom. The van der Waals surface area contributed by atoms with E-state index < -0.39 is 12.1 Å². The first-order valence-corrected chi connectivity index (χ1v) is 7.42. The van der Waals surface area contributed by atoms with Crippen LogP contribution in [0.3, 0.4) is 0 Å². The van der Waals surface area contributed by atoms with Gasteiger partial charge in [-0.25, -0.2) is 4.79 Å². The Kier molecular flexibility index (Phi) is 4.17. The molecule has 0 bridgehead atoms. The third-order valence-electron chi connectivity index (χ3n) is 3.46. The number of hydrogen-bond acceptors (Lipinski definition) is 4. The van der Waals surface area contributed by atoms with Gasteiger partial charge in [0.05, 0.1) is 5.39 Å². The van der Waals surface area contributed by atoms with Crippen LogP contribution in [0.4, 0.5) is 0 Å². The van der Waals surface area contributed by atoms with Crippen molar-refractivity contribution < 1.29 is 13.9 Å². The molecule has 3 rings (SSSR count). The quantitative estimate of drug-likeness (QED) is 0.670. The first-order valence-electron chi connectivity index (χ1n) is 7.04. The van der Waals surface area contributed by atoms with Gasteiger partial charge in [0, 0.05) is 16.7 Å². The Balaban J connectivity index is 1.89. The molecule has 0 aliphatic heterocycles. The van der Waals surface area contributed by atoms with E-state index in [4.69, 9.17) is 20.8 Å². The topological polar surface area (TPSA) is 56.5 Å². The van der Waals surface area contributed by atoms with E-state index in [2.05, 4.69) is 0 Å². The average molecular weight is 329 g/mol. The maximum absolute atomic E-state index is 12.2. The van der Waals surface area contributed by atoms with Gasteiger partial charge >= 0.3 is 5.97 Å². The second-order valence-electron chi connectivity index (χ2n) is 5.04. The van der Waals surface area contributed by atoms with Crippen molar-refractivity contribution in [1.82, 2.24) is 0 Å². The van der Waals surface area contributed by atoms with Gasteiger partial charge < -0.3 is 9.15 Å². The normalized spacial score (nSPS) is 12.1. The number of carbonyl (C=O) groups is 1. The van der Waals surface area contributed by atoms with Crippen molar-refractivity contribution in [3.05, 3.63) is 81.2 Å². The molecule has 0 saturated heterocycles. The van der Waals surface area contributed by atoms with E-state index in [1.165, 1.54) is 0 Å². The summed E-state index contributed by atoms with van der Waals surface area (Å²) in [6.45, 7) is 1.71. The highest BCUT2D eigenvalue weighted by Gasteiger charge is 2.19. The van der Waals surface area contributed by atoms with E-state index in [9.17, 15) is 9.59 Å². The zero-order valence-corrected chi connectivity index (χ0v) is 13.0. The minimum atomic E-state index is -0.708. The summed E-state index contributed by atoms with van der Waals surface area (Å²) in [6, 6.07) is 15.0. The van der Waals surface area contributed by atoms with Crippen LogP contribution in [0.2, 0.25) is 5.02 Å². The zero-order chi connectivity index (χ0) is 16.4. The molecule has 0 N–H and O–H groups in total. The number of halogens is 1. The molecule has 0 unspecified atom stereocenters. The van der Waals surface area contributed by atoms with Crippen LogP contribution in [-0.2, 0) is 4.74 Å². The minimum absolute atomic E-state index is 0.132. The number of carbonyl (C=O) groups excluding carboxylic acids is 1. The van der Waals surface area contributed by atoms with Crippen LogP contribution >= 0.6 is 11.6 Å². The Morgan fingerprint density at radius 2 is 1.83 bits per heavy atom. The first-order chi connectivity index (χ1) is 11.1. The Morgan fingerprint density at radius 1 is 1.13 bits per heavy atom. The third kappa shape index (κ3) is 3.12. The van der Waals surface area contributed by atoms with Crippen LogP contribution in [0.1, 0.15) is 29.1 Å². The molecule has 3 aromatic rings. The van der Waals surface area contributed by atoms with Gasteiger partial charge in [-0.2, -0.15) is 0 Å². The van der Waals surface area contributed by atoms with Crippen molar-refractivity contribution in [2.75, 3.05) is 0 Å². The van der Waals surface area contributed by atoms with Crippen molar-refractivity contribution in [1.29, 1.82) is 0 Å². The number of esters is 1. The van der Waals surface area contributed by atoms with Crippen LogP contribution in [-0.4, -0.2) is 5.97 Å². The molecule has 1 heterocycles. The monoisotopic (exact) mass is 328 g/mol. The predicted octanol–water partition coefficient (Wildman–Crippen LogP) is 4.36. The van der Waals surface area contributed by atoms with Crippen molar-refractivity contribution in [3.8, 4) is 0 Å². The summed E-state index contributed by atoms with van der Waals surface area (Å²) in [6.07, 6.45) is -0.562. The molecule has 0 radical (unpaired) electrons. The van der Waals surface area contributed by atoms with Gasteiger partial charge in [0.15, 0.2) is 5.43 Å². The molecule has 2 aromatic carbocycles. The summed E-state index contributed by atoms with van der Waals surface area (Å²) in [4.78, 5) is 24.3. The van der Waals surface area contributed by atoms with Crippen molar-refractivity contribution >= 4 is 28.5 Å². The third-order valence-corrected chi connectivity index (χ3v) is 3.81. The molecule has 0 spiro atoms. The molecule has 0 aliphatic carbocycles. The summed E-state index contributed by atoms with van der Waals surface area (Å²) in [5.74, 6) is -0.840. The maximum atomic E-state index is 12.2. The van der Waals surface area contributed by atoms with Gasteiger partial charge in [-0.1, -0.05) is 41.9 Å². The Labute approximate surface area is 137 Å². The lowest BCUT2D eigenvalue weighted by molar-refractivity contribution is 0.0302. The molecule has 0 fully saturated rings. The van der Waals surface area contributed by atoms with Gasteiger partial charge in [-0.05, 0) is 25.1 Å². The van der Waals surface area contributed by atoms with Crippen molar-refractivity contribution in [3.63, 3.8) is 0 Å². The molecule has 0 amide bonds. The summed E-state index contributed by atoms with van der Waals surface area (Å²) in [5.41, 5.74) is 0.743. The Hall–Kier alpha value is -2.59. The molecule has 1 atom stereocenters. The highest BCUT2D eigenvalue weighted by Crippen LogP contribution is 2.26. The van der Waals surface area contributed by atoms with E-state index in [0.29, 0.717) is 21.6 Å². The lowest BCUT2D eigenvalue weighted by Crippen LogP contribution is -2.12. The summed E-state index contributed by atoms with van der Waals surface area (Å²) in [7, 11) is 0. The maximum Gasteiger partial charge on any atom is 0.374 e. The van der Waals surface area contributed by atoms with Crippen molar-refractivity contribution in [2.24, 2.45) is 0 Å².